The van der Waals surface area contributed by atoms with Gasteiger partial charge in [-0.2, -0.15) is 0 Å². The number of fused-ring (bicyclic) bond motifs is 1. The minimum absolute atomic E-state index is 0.166. The lowest BCUT2D eigenvalue weighted by Crippen LogP contribution is -2.25. The van der Waals surface area contributed by atoms with E-state index >= 15 is 0 Å². The lowest BCUT2D eigenvalue weighted by Gasteiger charge is -2.11. The quantitative estimate of drug-likeness (QED) is 0.339. The molecule has 5 nitrogen and oxygen atoms in total. The average molecular weight is 460 g/mol. The van der Waals surface area contributed by atoms with E-state index in [4.69, 9.17) is 21.3 Å². The largest absolute Gasteiger partial charge is 0.492 e. The smallest absolute Gasteiger partial charge is 0.244 e. The number of para-hydroxylation sites is 2. The summed E-state index contributed by atoms with van der Waals surface area (Å²) in [4.78, 5) is 17.0. The molecule has 4 aromatic rings. The highest BCUT2D eigenvalue weighted by Crippen LogP contribution is 2.18. The maximum absolute atomic E-state index is 12.2. The zero-order valence-corrected chi connectivity index (χ0v) is 19.3. The minimum Gasteiger partial charge on any atom is -0.492 e. The molecule has 0 fully saturated rings. The lowest BCUT2D eigenvalue weighted by molar-refractivity contribution is -0.116. The first-order valence-corrected chi connectivity index (χ1v) is 11.3. The summed E-state index contributed by atoms with van der Waals surface area (Å²) in [5.74, 6) is 1.60. The van der Waals surface area contributed by atoms with Crippen LogP contribution in [-0.2, 0) is 17.8 Å². The van der Waals surface area contributed by atoms with Gasteiger partial charge in [0.2, 0.25) is 5.91 Å². The van der Waals surface area contributed by atoms with E-state index in [1.54, 1.807) is 12.1 Å². The number of ether oxygens (including phenoxy) is 1. The van der Waals surface area contributed by atoms with Gasteiger partial charge in [0.1, 0.15) is 18.2 Å². The van der Waals surface area contributed by atoms with Crippen molar-refractivity contribution in [2.45, 2.75) is 19.9 Å². The standard InChI is InChI=1S/C27H26ClN3O2/c1-20-10-13-22(14-11-20)33-19-18-31-25-9-5-4-8-24(25)30-26(31)16-17-29-27(32)15-12-21-6-2-3-7-23(21)28/h2-15H,16-19H2,1H3,(H,29,32)/b15-12+. The zero-order valence-electron chi connectivity index (χ0n) is 18.5. The summed E-state index contributed by atoms with van der Waals surface area (Å²) in [5.41, 5.74) is 4.01. The number of nitrogens with one attached hydrogen (secondary N) is 1. The van der Waals surface area contributed by atoms with Crippen LogP contribution < -0.4 is 10.1 Å². The molecule has 0 spiro atoms. The number of hydrogen-bond acceptors (Lipinski definition) is 3. The fraction of sp³-hybridized carbons (Fsp3) is 0.185. The summed E-state index contributed by atoms with van der Waals surface area (Å²) < 4.78 is 8.09. The molecule has 0 aliphatic rings. The molecule has 1 aromatic heterocycles. The summed E-state index contributed by atoms with van der Waals surface area (Å²) in [7, 11) is 0. The Bertz CT molecular complexity index is 1260. The number of aromatic nitrogens is 2. The SMILES string of the molecule is Cc1ccc(OCCn2c(CCNC(=O)/C=C/c3ccccc3Cl)nc3ccccc32)cc1. The molecule has 168 valence electrons. The van der Waals surface area contributed by atoms with Crippen molar-refractivity contribution >= 4 is 34.6 Å². The zero-order chi connectivity index (χ0) is 23.0. The predicted octanol–water partition coefficient (Wildman–Crippen LogP) is 5.45. The van der Waals surface area contributed by atoms with Crippen molar-refractivity contribution in [3.05, 3.63) is 101 Å². The summed E-state index contributed by atoms with van der Waals surface area (Å²) in [6.07, 6.45) is 3.83. The highest BCUT2D eigenvalue weighted by molar-refractivity contribution is 6.32. The number of hydrogen-bond donors (Lipinski definition) is 1. The highest BCUT2D eigenvalue weighted by atomic mass is 35.5. The second kappa shape index (κ2) is 10.8. The fourth-order valence-electron chi connectivity index (χ4n) is 3.59. The molecule has 1 amide bonds. The molecule has 0 saturated heterocycles. The van der Waals surface area contributed by atoms with Crippen molar-refractivity contribution < 1.29 is 9.53 Å². The molecule has 0 saturated carbocycles. The predicted molar refractivity (Wildman–Crippen MR) is 134 cm³/mol. The second-order valence-corrected chi connectivity index (χ2v) is 8.13. The molecule has 4 rings (SSSR count). The molecule has 0 bridgehead atoms. The van der Waals surface area contributed by atoms with E-state index in [0.29, 0.717) is 31.1 Å². The van der Waals surface area contributed by atoms with Gasteiger partial charge in [0, 0.05) is 24.1 Å². The maximum atomic E-state index is 12.2. The first kappa shape index (κ1) is 22.6. The van der Waals surface area contributed by atoms with Crippen LogP contribution in [0, 0.1) is 6.92 Å². The van der Waals surface area contributed by atoms with Gasteiger partial charge < -0.3 is 14.6 Å². The molecular formula is C27H26ClN3O2. The van der Waals surface area contributed by atoms with E-state index in [1.807, 2.05) is 60.7 Å². The van der Waals surface area contributed by atoms with Crippen molar-refractivity contribution in [3.8, 4) is 5.75 Å². The lowest BCUT2D eigenvalue weighted by atomic mass is 10.2. The fourth-order valence-corrected chi connectivity index (χ4v) is 3.79. The molecular weight excluding hydrogens is 434 g/mol. The third-order valence-electron chi connectivity index (χ3n) is 5.31. The molecule has 0 aliphatic carbocycles. The first-order valence-electron chi connectivity index (χ1n) is 10.9. The van der Waals surface area contributed by atoms with Gasteiger partial charge in [0.25, 0.3) is 0 Å². The molecule has 0 radical (unpaired) electrons. The number of carbonyl (C=O) groups excluding carboxylic acids is 1. The Kier molecular flexibility index (Phi) is 7.43. The topological polar surface area (TPSA) is 56.1 Å². The number of benzene rings is 3. The summed E-state index contributed by atoms with van der Waals surface area (Å²) >= 11 is 6.13. The van der Waals surface area contributed by atoms with Crippen LogP contribution in [0.15, 0.2) is 78.9 Å². The number of amides is 1. The van der Waals surface area contributed by atoms with E-state index < -0.39 is 0 Å². The molecule has 0 aliphatic heterocycles. The van der Waals surface area contributed by atoms with Crippen molar-refractivity contribution in [1.29, 1.82) is 0 Å². The Labute approximate surface area is 198 Å². The first-order chi connectivity index (χ1) is 16.1. The number of nitrogens with zero attached hydrogens (tertiary/aromatic N) is 2. The number of carbonyl (C=O) groups is 1. The van der Waals surface area contributed by atoms with E-state index in [-0.39, 0.29) is 5.91 Å². The summed E-state index contributed by atoms with van der Waals surface area (Å²) in [5, 5.41) is 3.54. The van der Waals surface area contributed by atoms with Gasteiger partial charge in [-0.1, -0.05) is 59.6 Å². The molecule has 1 heterocycles. The van der Waals surface area contributed by atoms with Gasteiger partial charge in [0.05, 0.1) is 17.6 Å². The Balaban J connectivity index is 1.37. The Morgan fingerprint density at radius 2 is 1.82 bits per heavy atom. The van der Waals surface area contributed by atoms with E-state index in [0.717, 1.165) is 28.2 Å². The van der Waals surface area contributed by atoms with E-state index in [1.165, 1.54) is 11.6 Å². The van der Waals surface area contributed by atoms with Gasteiger partial charge in [0.15, 0.2) is 0 Å². The van der Waals surface area contributed by atoms with Crippen LogP contribution in [0.4, 0.5) is 0 Å². The number of imidazole rings is 1. The van der Waals surface area contributed by atoms with Gasteiger partial charge >= 0.3 is 0 Å². The average Bonchev–Trinajstić information content (AvgIpc) is 3.17. The third-order valence-corrected chi connectivity index (χ3v) is 5.65. The van der Waals surface area contributed by atoms with Crippen LogP contribution in [0.3, 0.4) is 0 Å². The highest BCUT2D eigenvalue weighted by Gasteiger charge is 2.11. The van der Waals surface area contributed by atoms with Crippen LogP contribution in [0.25, 0.3) is 17.1 Å². The van der Waals surface area contributed by atoms with Crippen molar-refractivity contribution in [2.75, 3.05) is 13.2 Å². The maximum Gasteiger partial charge on any atom is 0.244 e. The van der Waals surface area contributed by atoms with Gasteiger partial charge in [-0.15, -0.1) is 0 Å². The Hall–Kier alpha value is -3.57. The monoisotopic (exact) mass is 459 g/mol. The van der Waals surface area contributed by atoms with Crippen LogP contribution in [0.2, 0.25) is 5.02 Å². The second-order valence-electron chi connectivity index (χ2n) is 7.73. The van der Waals surface area contributed by atoms with Crippen LogP contribution in [0.5, 0.6) is 5.75 Å². The third kappa shape index (κ3) is 6.02. The number of halogens is 1. The van der Waals surface area contributed by atoms with Crippen LogP contribution >= 0.6 is 11.6 Å². The molecule has 6 heteroatoms. The Morgan fingerprint density at radius 3 is 2.64 bits per heavy atom. The van der Waals surface area contributed by atoms with Crippen molar-refractivity contribution in [1.82, 2.24) is 14.9 Å². The normalized spacial score (nSPS) is 11.2. The Morgan fingerprint density at radius 1 is 1.06 bits per heavy atom. The van der Waals surface area contributed by atoms with Crippen molar-refractivity contribution in [3.63, 3.8) is 0 Å². The summed E-state index contributed by atoms with van der Waals surface area (Å²) in [6.45, 7) is 3.74. The van der Waals surface area contributed by atoms with Gasteiger partial charge in [-0.3, -0.25) is 4.79 Å². The molecule has 1 N–H and O–H groups in total. The van der Waals surface area contributed by atoms with Crippen molar-refractivity contribution in [2.24, 2.45) is 0 Å². The van der Waals surface area contributed by atoms with Crippen LogP contribution in [-0.4, -0.2) is 28.6 Å². The molecule has 3 aromatic carbocycles. The van der Waals surface area contributed by atoms with E-state index in [9.17, 15) is 4.79 Å². The molecule has 0 unspecified atom stereocenters. The van der Waals surface area contributed by atoms with Gasteiger partial charge in [-0.25, -0.2) is 4.98 Å². The molecule has 33 heavy (non-hydrogen) atoms. The number of aryl methyl sites for hydroxylation is 1. The van der Waals surface area contributed by atoms with E-state index in [2.05, 4.69) is 22.9 Å². The minimum atomic E-state index is -0.166. The molecule has 0 atom stereocenters. The summed E-state index contributed by atoms with van der Waals surface area (Å²) in [6, 6.07) is 23.5. The van der Waals surface area contributed by atoms with Gasteiger partial charge in [-0.05, 0) is 48.9 Å². The number of rotatable bonds is 9. The van der Waals surface area contributed by atoms with Crippen LogP contribution in [0.1, 0.15) is 17.0 Å².